The number of amides is 1. The highest BCUT2D eigenvalue weighted by molar-refractivity contribution is 7.99. The van der Waals surface area contributed by atoms with Gasteiger partial charge in [-0.1, -0.05) is 12.1 Å². The van der Waals surface area contributed by atoms with Gasteiger partial charge in [-0.05, 0) is 17.7 Å². The third kappa shape index (κ3) is 7.75. The van der Waals surface area contributed by atoms with Crippen LogP contribution in [0.3, 0.4) is 0 Å². The van der Waals surface area contributed by atoms with Crippen LogP contribution in [0.4, 0.5) is 4.39 Å². The van der Waals surface area contributed by atoms with E-state index in [-0.39, 0.29) is 48.6 Å². The lowest BCUT2D eigenvalue weighted by Crippen LogP contribution is -2.45. The van der Waals surface area contributed by atoms with Crippen molar-refractivity contribution < 1.29 is 13.9 Å². The first-order valence-electron chi connectivity index (χ1n) is 8.87. The number of hydrogen-bond donors (Lipinski definition) is 2. The van der Waals surface area contributed by atoms with Crippen molar-refractivity contribution in [1.82, 2.24) is 15.5 Å². The van der Waals surface area contributed by atoms with E-state index in [1.807, 2.05) is 11.8 Å². The molecule has 27 heavy (non-hydrogen) atoms. The number of nitrogens with zero attached hydrogens (tertiary/aromatic N) is 1. The molecule has 1 amide bonds. The quantitative estimate of drug-likeness (QED) is 0.711. The van der Waals surface area contributed by atoms with E-state index in [1.54, 1.807) is 12.1 Å². The molecule has 154 valence electrons. The van der Waals surface area contributed by atoms with Crippen molar-refractivity contribution in [3.05, 3.63) is 35.6 Å². The van der Waals surface area contributed by atoms with E-state index in [0.29, 0.717) is 26.2 Å². The standard InChI is InChI=1S/C18H26FN3O2S.2ClH/c19-15-3-1-14(2-4-15)17(22-6-8-24-9-7-22)12-21-18(23)11-16-13-25-10-5-20-16;;/h1-4,16-17,20H,5-13H2,(H,21,23);2*1H. The highest BCUT2D eigenvalue weighted by Crippen LogP contribution is 2.22. The Labute approximate surface area is 177 Å². The first-order valence-corrected chi connectivity index (χ1v) is 10.0. The van der Waals surface area contributed by atoms with Gasteiger partial charge in [0.1, 0.15) is 5.82 Å². The van der Waals surface area contributed by atoms with Gasteiger partial charge < -0.3 is 15.4 Å². The topological polar surface area (TPSA) is 53.6 Å². The van der Waals surface area contributed by atoms with E-state index in [1.165, 1.54) is 12.1 Å². The minimum atomic E-state index is -0.241. The Bertz CT molecular complexity index is 556. The van der Waals surface area contributed by atoms with Crippen molar-refractivity contribution in [2.45, 2.75) is 18.5 Å². The second kappa shape index (κ2) is 12.8. The summed E-state index contributed by atoms with van der Waals surface area (Å²) in [5.74, 6) is 1.93. The maximum absolute atomic E-state index is 13.3. The number of carbonyl (C=O) groups is 1. The maximum Gasteiger partial charge on any atom is 0.221 e. The minimum absolute atomic E-state index is 0. The summed E-state index contributed by atoms with van der Waals surface area (Å²) in [6.07, 6.45) is 0.506. The minimum Gasteiger partial charge on any atom is -0.379 e. The van der Waals surface area contributed by atoms with E-state index < -0.39 is 0 Å². The smallest absolute Gasteiger partial charge is 0.221 e. The van der Waals surface area contributed by atoms with Crippen LogP contribution in [-0.2, 0) is 9.53 Å². The monoisotopic (exact) mass is 439 g/mol. The van der Waals surface area contributed by atoms with Crippen LogP contribution in [0.25, 0.3) is 0 Å². The number of benzene rings is 1. The van der Waals surface area contributed by atoms with Crippen LogP contribution in [0.15, 0.2) is 24.3 Å². The number of halogens is 3. The molecule has 0 aliphatic carbocycles. The summed E-state index contributed by atoms with van der Waals surface area (Å²) in [6.45, 7) is 4.51. The van der Waals surface area contributed by atoms with E-state index in [4.69, 9.17) is 4.74 Å². The van der Waals surface area contributed by atoms with E-state index in [2.05, 4.69) is 15.5 Å². The van der Waals surface area contributed by atoms with Gasteiger partial charge in [0.05, 0.1) is 19.3 Å². The number of hydrogen-bond acceptors (Lipinski definition) is 5. The van der Waals surface area contributed by atoms with Crippen LogP contribution < -0.4 is 10.6 Å². The molecule has 9 heteroatoms. The summed E-state index contributed by atoms with van der Waals surface area (Å²) in [4.78, 5) is 14.6. The molecule has 2 aliphatic heterocycles. The molecule has 2 unspecified atom stereocenters. The summed E-state index contributed by atoms with van der Waals surface area (Å²) in [6, 6.07) is 6.87. The van der Waals surface area contributed by atoms with Crippen LogP contribution in [0, 0.1) is 5.82 Å². The van der Waals surface area contributed by atoms with Crippen molar-refractivity contribution in [1.29, 1.82) is 0 Å². The Morgan fingerprint density at radius 1 is 1.30 bits per heavy atom. The zero-order valence-corrected chi connectivity index (χ0v) is 17.6. The van der Waals surface area contributed by atoms with Gasteiger partial charge in [0, 0.05) is 50.1 Å². The molecule has 0 bridgehead atoms. The highest BCUT2D eigenvalue weighted by Gasteiger charge is 2.24. The number of nitrogens with one attached hydrogen (secondary N) is 2. The molecule has 2 atom stereocenters. The van der Waals surface area contributed by atoms with E-state index in [9.17, 15) is 9.18 Å². The van der Waals surface area contributed by atoms with Gasteiger partial charge >= 0.3 is 0 Å². The number of carbonyl (C=O) groups excluding carboxylic acids is 1. The Balaban J connectivity index is 0.00000182. The Kier molecular flexibility index (Phi) is 11.6. The molecule has 3 rings (SSSR count). The van der Waals surface area contributed by atoms with Gasteiger partial charge in [-0.25, -0.2) is 4.39 Å². The average molecular weight is 440 g/mol. The molecule has 2 heterocycles. The molecule has 2 N–H and O–H groups in total. The molecule has 0 radical (unpaired) electrons. The second-order valence-electron chi connectivity index (χ2n) is 6.45. The second-order valence-corrected chi connectivity index (χ2v) is 7.60. The molecule has 1 aromatic carbocycles. The lowest BCUT2D eigenvalue weighted by atomic mass is 10.0. The van der Waals surface area contributed by atoms with Crippen molar-refractivity contribution >= 4 is 42.5 Å². The predicted molar refractivity (Wildman–Crippen MR) is 113 cm³/mol. The fourth-order valence-electron chi connectivity index (χ4n) is 3.29. The molecule has 0 spiro atoms. The lowest BCUT2D eigenvalue weighted by Gasteiger charge is -2.35. The Morgan fingerprint density at radius 2 is 2.00 bits per heavy atom. The van der Waals surface area contributed by atoms with Crippen LogP contribution in [-0.4, -0.2) is 67.7 Å². The summed E-state index contributed by atoms with van der Waals surface area (Å²) >= 11 is 1.89. The normalized spacial score (nSPS) is 21.4. The van der Waals surface area contributed by atoms with Crippen LogP contribution in [0.5, 0.6) is 0 Å². The van der Waals surface area contributed by atoms with Crippen LogP contribution in [0.1, 0.15) is 18.0 Å². The summed E-state index contributed by atoms with van der Waals surface area (Å²) in [5.41, 5.74) is 1.02. The average Bonchev–Trinajstić information content (AvgIpc) is 2.65. The zero-order chi connectivity index (χ0) is 17.5. The maximum atomic E-state index is 13.3. The fraction of sp³-hybridized carbons (Fsp3) is 0.611. The Morgan fingerprint density at radius 3 is 2.63 bits per heavy atom. The number of thioether (sulfide) groups is 1. The molecule has 1 aromatic rings. The number of rotatable bonds is 6. The van der Waals surface area contributed by atoms with Crippen LogP contribution >= 0.6 is 36.6 Å². The van der Waals surface area contributed by atoms with Gasteiger partial charge in [-0.3, -0.25) is 9.69 Å². The summed E-state index contributed by atoms with van der Waals surface area (Å²) in [5, 5.41) is 6.46. The SMILES string of the molecule is Cl.Cl.O=C(CC1CSCCN1)NCC(c1ccc(F)cc1)N1CCOCC1. The highest BCUT2D eigenvalue weighted by atomic mass is 35.5. The first kappa shape index (κ1) is 24.5. The van der Waals surface area contributed by atoms with Gasteiger partial charge in [0.15, 0.2) is 0 Å². The molecule has 2 aliphatic rings. The first-order chi connectivity index (χ1) is 12.2. The molecule has 0 saturated carbocycles. The summed E-state index contributed by atoms with van der Waals surface area (Å²) in [7, 11) is 0. The molecule has 2 fully saturated rings. The van der Waals surface area contributed by atoms with Gasteiger partial charge in [0.25, 0.3) is 0 Å². The third-order valence-corrected chi connectivity index (χ3v) is 5.79. The zero-order valence-electron chi connectivity index (χ0n) is 15.2. The number of morpholine rings is 1. The van der Waals surface area contributed by atoms with E-state index >= 15 is 0 Å². The van der Waals surface area contributed by atoms with Gasteiger partial charge in [-0.15, -0.1) is 24.8 Å². The molecule has 2 saturated heterocycles. The van der Waals surface area contributed by atoms with Crippen molar-refractivity contribution in [3.8, 4) is 0 Å². The molecular weight excluding hydrogens is 412 g/mol. The lowest BCUT2D eigenvalue weighted by molar-refractivity contribution is -0.121. The molecular formula is C18H28Cl2FN3O2S. The van der Waals surface area contributed by atoms with Crippen molar-refractivity contribution in [2.24, 2.45) is 0 Å². The van der Waals surface area contributed by atoms with Gasteiger partial charge in [0.2, 0.25) is 5.91 Å². The molecule has 0 aromatic heterocycles. The van der Waals surface area contributed by atoms with Crippen molar-refractivity contribution in [3.63, 3.8) is 0 Å². The van der Waals surface area contributed by atoms with Gasteiger partial charge in [-0.2, -0.15) is 11.8 Å². The molecule has 5 nitrogen and oxygen atoms in total. The summed E-state index contributed by atoms with van der Waals surface area (Å²) < 4.78 is 18.7. The predicted octanol–water partition coefficient (Wildman–Crippen LogP) is 2.25. The number of ether oxygens (including phenoxy) is 1. The fourth-order valence-corrected chi connectivity index (χ4v) is 4.24. The third-order valence-electron chi connectivity index (χ3n) is 4.66. The largest absolute Gasteiger partial charge is 0.379 e. The Hall–Kier alpha value is -0.570. The van der Waals surface area contributed by atoms with Crippen molar-refractivity contribution in [2.75, 3.05) is 50.9 Å². The van der Waals surface area contributed by atoms with E-state index in [0.717, 1.165) is 36.7 Å². The van der Waals surface area contributed by atoms with Crippen LogP contribution in [0.2, 0.25) is 0 Å².